The van der Waals surface area contributed by atoms with Crippen molar-refractivity contribution in [2.24, 2.45) is 5.73 Å². The largest absolute Gasteiger partial charge is 0.363 e. The second kappa shape index (κ2) is 6.61. The van der Waals surface area contributed by atoms with Gasteiger partial charge in [-0.25, -0.2) is 0 Å². The predicted molar refractivity (Wildman–Crippen MR) is 89.7 cm³/mol. The molecular formula is C16H21ClN2S. The minimum atomic E-state index is 0.00588. The first-order valence-corrected chi connectivity index (χ1v) is 8.09. The van der Waals surface area contributed by atoms with E-state index in [-0.39, 0.29) is 6.04 Å². The van der Waals surface area contributed by atoms with Crippen LogP contribution in [0.4, 0.5) is 5.69 Å². The second-order valence-corrected chi connectivity index (χ2v) is 6.74. The molecule has 0 saturated carbocycles. The molecule has 0 aliphatic heterocycles. The Labute approximate surface area is 130 Å². The van der Waals surface area contributed by atoms with Crippen LogP contribution in [0.25, 0.3) is 0 Å². The summed E-state index contributed by atoms with van der Waals surface area (Å²) >= 11 is 8.23. The topological polar surface area (TPSA) is 29.3 Å². The molecule has 0 amide bonds. The zero-order valence-electron chi connectivity index (χ0n) is 12.1. The lowest BCUT2D eigenvalue weighted by atomic mass is 10.1. The van der Waals surface area contributed by atoms with Gasteiger partial charge in [-0.1, -0.05) is 23.7 Å². The molecule has 0 fully saturated rings. The van der Waals surface area contributed by atoms with E-state index in [9.17, 15) is 0 Å². The third-order valence-electron chi connectivity index (χ3n) is 3.34. The van der Waals surface area contributed by atoms with E-state index in [2.05, 4.69) is 48.4 Å². The highest BCUT2D eigenvalue weighted by atomic mass is 35.5. The Balaban J connectivity index is 2.30. The van der Waals surface area contributed by atoms with Crippen molar-refractivity contribution in [1.29, 1.82) is 0 Å². The van der Waals surface area contributed by atoms with Gasteiger partial charge in [0.15, 0.2) is 0 Å². The van der Waals surface area contributed by atoms with E-state index < -0.39 is 0 Å². The van der Waals surface area contributed by atoms with Crippen molar-refractivity contribution in [2.75, 3.05) is 4.90 Å². The Bertz CT molecular complexity index is 550. The van der Waals surface area contributed by atoms with Crippen LogP contribution in [0.3, 0.4) is 0 Å². The molecule has 0 aliphatic rings. The van der Waals surface area contributed by atoms with Gasteiger partial charge in [0, 0.05) is 17.0 Å². The van der Waals surface area contributed by atoms with E-state index in [0.29, 0.717) is 6.04 Å². The molecule has 0 unspecified atom stereocenters. The molecule has 2 rings (SSSR count). The van der Waals surface area contributed by atoms with Gasteiger partial charge in [0.2, 0.25) is 0 Å². The van der Waals surface area contributed by atoms with E-state index in [1.807, 2.05) is 13.0 Å². The Kier molecular flexibility index (Phi) is 5.08. The minimum Gasteiger partial charge on any atom is -0.363 e. The van der Waals surface area contributed by atoms with E-state index in [0.717, 1.165) is 22.8 Å². The zero-order valence-corrected chi connectivity index (χ0v) is 13.7. The third-order valence-corrected chi connectivity index (χ3v) is 4.50. The summed E-state index contributed by atoms with van der Waals surface area (Å²) in [5.41, 5.74) is 8.04. The van der Waals surface area contributed by atoms with Gasteiger partial charge in [0.25, 0.3) is 0 Å². The maximum atomic E-state index is 6.46. The fourth-order valence-corrected chi connectivity index (χ4v) is 3.16. The molecule has 1 heterocycles. The lowest BCUT2D eigenvalue weighted by Gasteiger charge is -2.30. The van der Waals surface area contributed by atoms with Crippen molar-refractivity contribution in [3.05, 3.63) is 51.2 Å². The van der Waals surface area contributed by atoms with Crippen LogP contribution in [0.5, 0.6) is 0 Å². The number of nitrogens with zero attached hydrogens (tertiary/aromatic N) is 1. The molecule has 1 atom stereocenters. The zero-order chi connectivity index (χ0) is 14.7. The van der Waals surface area contributed by atoms with Crippen molar-refractivity contribution in [2.45, 2.75) is 39.4 Å². The van der Waals surface area contributed by atoms with Gasteiger partial charge >= 0.3 is 0 Å². The van der Waals surface area contributed by atoms with Crippen LogP contribution in [0.15, 0.2) is 35.7 Å². The van der Waals surface area contributed by atoms with Gasteiger partial charge < -0.3 is 10.6 Å². The summed E-state index contributed by atoms with van der Waals surface area (Å²) in [5, 5.41) is 2.87. The number of nitrogens with two attached hydrogens (primary N) is 1. The standard InChI is InChI=1S/C16H21ClN2S/c1-11(2)19(10-14-5-4-8-20-14)16-7-6-13(12(3)18)9-15(16)17/h4-9,11-12H,10,18H2,1-3H3/t12-/m1/s1. The summed E-state index contributed by atoms with van der Waals surface area (Å²) in [7, 11) is 0. The molecule has 0 radical (unpaired) electrons. The van der Waals surface area contributed by atoms with Crippen LogP contribution < -0.4 is 10.6 Å². The Morgan fingerprint density at radius 1 is 1.25 bits per heavy atom. The summed E-state index contributed by atoms with van der Waals surface area (Å²) in [4.78, 5) is 3.66. The molecule has 2 N–H and O–H groups in total. The maximum Gasteiger partial charge on any atom is 0.0643 e. The van der Waals surface area contributed by atoms with Crippen LogP contribution >= 0.6 is 22.9 Å². The normalized spacial score (nSPS) is 12.7. The third kappa shape index (κ3) is 3.54. The summed E-state index contributed by atoms with van der Waals surface area (Å²) in [6, 6.07) is 10.8. The maximum absolute atomic E-state index is 6.46. The average Bonchev–Trinajstić information content (AvgIpc) is 2.89. The quantitative estimate of drug-likeness (QED) is 0.856. The Hall–Kier alpha value is -1.03. The SMILES string of the molecule is CC(C)N(Cc1cccs1)c1ccc([C@@H](C)N)cc1Cl. The van der Waals surface area contributed by atoms with Crippen molar-refractivity contribution < 1.29 is 0 Å². The molecule has 20 heavy (non-hydrogen) atoms. The molecule has 0 bridgehead atoms. The first-order valence-electron chi connectivity index (χ1n) is 6.83. The lowest BCUT2D eigenvalue weighted by molar-refractivity contribution is 0.687. The van der Waals surface area contributed by atoms with Gasteiger partial charge in [-0.15, -0.1) is 11.3 Å². The van der Waals surface area contributed by atoms with Crippen molar-refractivity contribution in [3.63, 3.8) is 0 Å². The fourth-order valence-electron chi connectivity index (χ4n) is 2.16. The molecule has 1 aromatic heterocycles. The van der Waals surface area contributed by atoms with Crippen LogP contribution in [0.2, 0.25) is 5.02 Å². The molecule has 2 nitrogen and oxygen atoms in total. The highest BCUT2D eigenvalue weighted by Crippen LogP contribution is 2.31. The number of thiophene rings is 1. The number of halogens is 1. The van der Waals surface area contributed by atoms with Gasteiger partial charge in [-0.05, 0) is 49.9 Å². The fraction of sp³-hybridized carbons (Fsp3) is 0.375. The van der Waals surface area contributed by atoms with Crippen molar-refractivity contribution in [3.8, 4) is 0 Å². The summed E-state index contributed by atoms with van der Waals surface area (Å²) in [5.74, 6) is 0. The number of rotatable bonds is 5. The number of benzene rings is 1. The Morgan fingerprint density at radius 3 is 2.50 bits per heavy atom. The van der Waals surface area contributed by atoms with Gasteiger partial charge in [0.1, 0.15) is 0 Å². The lowest BCUT2D eigenvalue weighted by Crippen LogP contribution is -2.30. The molecule has 0 spiro atoms. The molecule has 108 valence electrons. The molecule has 0 saturated heterocycles. The molecule has 1 aromatic carbocycles. The summed E-state index contributed by atoms with van der Waals surface area (Å²) in [6.07, 6.45) is 0. The minimum absolute atomic E-state index is 0.00588. The van der Waals surface area contributed by atoms with Gasteiger partial charge in [-0.2, -0.15) is 0 Å². The first-order chi connectivity index (χ1) is 9.49. The number of anilines is 1. The van der Waals surface area contributed by atoms with Gasteiger partial charge in [-0.3, -0.25) is 0 Å². The summed E-state index contributed by atoms with van der Waals surface area (Å²) in [6.45, 7) is 7.22. The predicted octanol–water partition coefficient (Wildman–Crippen LogP) is 4.84. The van der Waals surface area contributed by atoms with Crippen LogP contribution in [-0.2, 0) is 6.54 Å². The van der Waals surface area contributed by atoms with E-state index in [1.165, 1.54) is 4.88 Å². The van der Waals surface area contributed by atoms with Crippen LogP contribution in [-0.4, -0.2) is 6.04 Å². The summed E-state index contributed by atoms with van der Waals surface area (Å²) < 4.78 is 0. The van der Waals surface area contributed by atoms with Gasteiger partial charge in [0.05, 0.1) is 17.3 Å². The number of hydrogen-bond acceptors (Lipinski definition) is 3. The van der Waals surface area contributed by atoms with Crippen LogP contribution in [0, 0.1) is 0 Å². The monoisotopic (exact) mass is 308 g/mol. The first kappa shape index (κ1) is 15.4. The van der Waals surface area contributed by atoms with E-state index in [1.54, 1.807) is 11.3 Å². The Morgan fingerprint density at radius 2 is 2.00 bits per heavy atom. The smallest absolute Gasteiger partial charge is 0.0643 e. The number of hydrogen-bond donors (Lipinski definition) is 1. The molecule has 4 heteroatoms. The molecular weight excluding hydrogens is 288 g/mol. The van der Waals surface area contributed by atoms with Crippen LogP contribution in [0.1, 0.15) is 37.3 Å². The van der Waals surface area contributed by atoms with Crippen molar-refractivity contribution >= 4 is 28.6 Å². The van der Waals surface area contributed by atoms with E-state index in [4.69, 9.17) is 17.3 Å². The van der Waals surface area contributed by atoms with Crippen molar-refractivity contribution in [1.82, 2.24) is 0 Å². The average molecular weight is 309 g/mol. The molecule has 0 aliphatic carbocycles. The highest BCUT2D eigenvalue weighted by Gasteiger charge is 2.15. The highest BCUT2D eigenvalue weighted by molar-refractivity contribution is 7.09. The molecule has 2 aromatic rings. The van der Waals surface area contributed by atoms with E-state index >= 15 is 0 Å². The second-order valence-electron chi connectivity index (χ2n) is 5.30.